The summed E-state index contributed by atoms with van der Waals surface area (Å²) in [6, 6.07) is 1.30. The number of benzene rings is 3. The summed E-state index contributed by atoms with van der Waals surface area (Å²) < 4.78 is 220. The molecule has 1 aliphatic carbocycles. The van der Waals surface area contributed by atoms with Gasteiger partial charge in [-0.3, -0.25) is 27.3 Å². The van der Waals surface area contributed by atoms with E-state index in [1.54, 1.807) is 0 Å². The second-order valence-electron chi connectivity index (χ2n) is 12.8. The number of likely N-dealkylation sites (N-methyl/N-ethyl adjacent to an activating group) is 1. The molecule has 1 aliphatic heterocycles. The fourth-order valence-electron chi connectivity index (χ4n) is 7.11. The van der Waals surface area contributed by atoms with Crippen LogP contribution in [0.25, 0.3) is 10.8 Å². The van der Waals surface area contributed by atoms with Crippen LogP contribution >= 0.6 is 0 Å². The van der Waals surface area contributed by atoms with Gasteiger partial charge < -0.3 is 15.2 Å². The molecule has 0 fully saturated rings. The van der Waals surface area contributed by atoms with Gasteiger partial charge in [-0.05, 0) is 42.5 Å². The van der Waals surface area contributed by atoms with E-state index in [1.165, 1.54) is 0 Å². The Morgan fingerprint density at radius 1 is 0.759 bits per heavy atom. The standard InChI is InChI=1S/C28H24N4O20S6/c1-31-7-3-4-19(31)26(33)32(2)20-12-22(56(44,45)46)15-8-13(53(35,36)37)10-17(23(15)25(20)57(47,48)49)29-27(34)30-18-11-14(54(38,39)40)9-16-24(18)21(55(41,42)43)5-6-28(16,32)58(50,51)52/h3-12,21H,1-2H3,(H7-,29,30,34,35,36,37,38,39,40,41,42,43,44,45,46,47,48,49,50,51,52)/p+1. The molecule has 4 aromatic rings. The Kier molecular flexibility index (Phi) is 9.54. The molecule has 6 bridgehead atoms. The molecule has 58 heavy (non-hydrogen) atoms. The second-order valence-corrected chi connectivity index (χ2v) is 21.5. The van der Waals surface area contributed by atoms with E-state index in [1.807, 2.05) is 10.6 Å². The minimum Gasteiger partial charge on any atom is -0.343 e. The molecular weight excluding hydrogens is 905 g/mol. The van der Waals surface area contributed by atoms with Gasteiger partial charge in [0.2, 0.25) is 0 Å². The highest BCUT2D eigenvalue weighted by atomic mass is 32.2. The molecule has 0 saturated heterocycles. The van der Waals surface area contributed by atoms with Crippen LogP contribution in [-0.4, -0.2) is 101 Å². The molecule has 0 saturated carbocycles. The number of hydrogen-bond acceptors (Lipinski definition) is 14. The molecule has 3 amide bonds. The lowest BCUT2D eigenvalue weighted by Gasteiger charge is -2.47. The van der Waals surface area contributed by atoms with Crippen molar-refractivity contribution < 1.29 is 87.4 Å². The van der Waals surface area contributed by atoms with Gasteiger partial charge in [-0.15, -0.1) is 0 Å². The Balaban J connectivity index is 2.11. The SMILES string of the molecule is Cn1cccc1C(=O)[N+]1(C)c2cc(S(=O)(=O)O)c3cc(S(=O)(=O)O)cc(c3c2S(=O)(=O)O)NC(=O)Nc2cc(S(=O)(=O)O)cc3c2C(S(=O)(=O)O)C=CC31S(=O)(=O)O. The molecule has 312 valence electrons. The topological polar surface area (TPSA) is 389 Å². The maximum Gasteiger partial charge on any atom is 0.369 e. The van der Waals surface area contributed by atoms with Crippen molar-refractivity contribution in [1.82, 2.24) is 9.05 Å². The predicted molar refractivity (Wildman–Crippen MR) is 196 cm³/mol. The van der Waals surface area contributed by atoms with Crippen molar-refractivity contribution in [2.75, 3.05) is 17.7 Å². The van der Waals surface area contributed by atoms with Crippen LogP contribution in [0.4, 0.5) is 21.9 Å². The summed E-state index contributed by atoms with van der Waals surface area (Å²) in [4.78, 5) is 18.8. The Bertz CT molecular complexity index is 3310. The van der Waals surface area contributed by atoms with Crippen molar-refractivity contribution in [3.63, 3.8) is 0 Å². The number of urea groups is 1. The van der Waals surface area contributed by atoms with E-state index in [0.717, 1.165) is 29.9 Å². The fourth-order valence-corrected chi connectivity index (χ4v) is 12.0. The van der Waals surface area contributed by atoms with Gasteiger partial charge in [0, 0.05) is 46.9 Å². The van der Waals surface area contributed by atoms with Crippen molar-refractivity contribution in [3.05, 3.63) is 77.6 Å². The summed E-state index contributed by atoms with van der Waals surface area (Å²) in [5.74, 6) is -1.74. The summed E-state index contributed by atoms with van der Waals surface area (Å²) in [6.07, 6.45) is 1.61. The average Bonchev–Trinajstić information content (AvgIpc) is 3.48. The Morgan fingerprint density at radius 3 is 1.79 bits per heavy atom. The van der Waals surface area contributed by atoms with E-state index in [9.17, 15) is 82.6 Å². The summed E-state index contributed by atoms with van der Waals surface area (Å²) in [5, 5.41) is -1.45. The summed E-state index contributed by atoms with van der Waals surface area (Å²) >= 11 is 0. The zero-order chi connectivity index (χ0) is 43.7. The predicted octanol–water partition coefficient (Wildman–Crippen LogP) is 1.14. The van der Waals surface area contributed by atoms with Gasteiger partial charge in [-0.25, -0.2) is 9.59 Å². The molecule has 1 aromatic heterocycles. The zero-order valence-corrected chi connectivity index (χ0v) is 33.5. The first-order chi connectivity index (χ1) is 26.2. The van der Waals surface area contributed by atoms with Gasteiger partial charge in [0.25, 0.3) is 45.3 Å². The van der Waals surface area contributed by atoms with E-state index in [0.29, 0.717) is 19.2 Å². The van der Waals surface area contributed by atoms with Crippen LogP contribution < -0.4 is 15.1 Å². The highest BCUT2D eigenvalue weighted by Gasteiger charge is 2.68. The summed E-state index contributed by atoms with van der Waals surface area (Å²) in [5.41, 5.74) is -7.29. The molecule has 6 rings (SSSR count). The van der Waals surface area contributed by atoms with Gasteiger partial charge in [-0.1, -0.05) is 6.08 Å². The molecule has 3 unspecified atom stereocenters. The number of quaternary nitrogens is 1. The van der Waals surface area contributed by atoms with E-state index in [-0.39, 0.29) is 30.3 Å². The lowest BCUT2D eigenvalue weighted by atomic mass is 9.87. The number of aryl methyl sites for hydroxylation is 1. The number of amides is 3. The van der Waals surface area contributed by atoms with Crippen LogP contribution in [0.2, 0.25) is 0 Å². The van der Waals surface area contributed by atoms with Gasteiger partial charge in [0.15, 0.2) is 10.6 Å². The van der Waals surface area contributed by atoms with Crippen LogP contribution in [0.1, 0.15) is 26.9 Å². The number of nitrogens with one attached hydrogen (secondary N) is 2. The summed E-state index contributed by atoms with van der Waals surface area (Å²) in [6.45, 7) is 0. The molecular formula is C28H25N4O20S6+. The number of fused-ring (bicyclic) bond motifs is 1. The quantitative estimate of drug-likeness (QED) is 0.0731. The van der Waals surface area contributed by atoms with Crippen LogP contribution in [-0.2, 0) is 72.6 Å². The third-order valence-corrected chi connectivity index (χ3v) is 15.5. The highest BCUT2D eigenvalue weighted by molar-refractivity contribution is 7.88. The molecule has 2 aliphatic rings. The lowest BCUT2D eigenvalue weighted by molar-refractivity contribution is 0.0709. The average molecular weight is 930 g/mol. The van der Waals surface area contributed by atoms with Crippen LogP contribution in [0.5, 0.6) is 0 Å². The van der Waals surface area contributed by atoms with Crippen molar-refractivity contribution in [3.8, 4) is 0 Å². The molecule has 3 aromatic carbocycles. The van der Waals surface area contributed by atoms with E-state index in [2.05, 4.69) is 0 Å². The lowest BCUT2D eigenvalue weighted by Crippen LogP contribution is -2.68. The van der Waals surface area contributed by atoms with Crippen molar-refractivity contribution in [2.45, 2.75) is 29.7 Å². The number of anilines is 2. The second kappa shape index (κ2) is 12.9. The van der Waals surface area contributed by atoms with Crippen molar-refractivity contribution in [2.24, 2.45) is 7.05 Å². The minimum absolute atomic E-state index is 0.0217. The fraction of sp³-hybridized carbons (Fsp3) is 0.143. The third kappa shape index (κ3) is 6.50. The normalized spacial score (nSPS) is 21.5. The molecule has 0 spiro atoms. The zero-order valence-electron chi connectivity index (χ0n) is 28.6. The molecule has 24 nitrogen and oxygen atoms in total. The van der Waals surface area contributed by atoms with Crippen molar-refractivity contribution in [1.29, 1.82) is 0 Å². The largest absolute Gasteiger partial charge is 0.369 e. The molecule has 8 N–H and O–H groups in total. The van der Waals surface area contributed by atoms with Crippen LogP contribution in [0.15, 0.2) is 80.4 Å². The maximum absolute atomic E-state index is 15.3. The minimum atomic E-state index is -6.43. The van der Waals surface area contributed by atoms with Crippen LogP contribution in [0, 0.1) is 0 Å². The van der Waals surface area contributed by atoms with E-state index in [4.69, 9.17) is 0 Å². The Hall–Kier alpha value is -4.70. The number of aromatic nitrogens is 1. The number of nitrogens with zero attached hydrogens (tertiary/aromatic N) is 2. The Morgan fingerprint density at radius 2 is 1.31 bits per heavy atom. The molecule has 3 atom stereocenters. The first kappa shape index (κ1) is 42.9. The summed E-state index contributed by atoms with van der Waals surface area (Å²) in [7, 11) is -33.7. The number of carbonyl (C=O) groups excluding carboxylic acids is 2. The monoisotopic (exact) mass is 929 g/mol. The van der Waals surface area contributed by atoms with Gasteiger partial charge in [0.1, 0.15) is 15.8 Å². The van der Waals surface area contributed by atoms with Gasteiger partial charge >= 0.3 is 32.2 Å². The molecule has 30 heteroatoms. The highest BCUT2D eigenvalue weighted by Crippen LogP contribution is 2.56. The van der Waals surface area contributed by atoms with E-state index < -0.39 is 151 Å². The van der Waals surface area contributed by atoms with Gasteiger partial charge in [0.05, 0.1) is 22.5 Å². The van der Waals surface area contributed by atoms with Gasteiger partial charge in [-0.2, -0.15) is 55.0 Å². The Labute approximate surface area is 327 Å². The van der Waals surface area contributed by atoms with Crippen molar-refractivity contribution >= 4 is 100 Å². The van der Waals surface area contributed by atoms with Crippen LogP contribution in [0.3, 0.4) is 0 Å². The van der Waals surface area contributed by atoms with E-state index >= 15 is 4.79 Å². The molecule has 2 heterocycles. The number of carbonyl (C=O) groups is 2. The first-order valence-corrected chi connectivity index (χ1v) is 23.8. The smallest absolute Gasteiger partial charge is 0.343 e. The third-order valence-electron chi connectivity index (χ3n) is 9.48. The number of hydrogen-bond donors (Lipinski definition) is 8. The number of rotatable bonds is 7. The first-order valence-electron chi connectivity index (χ1n) is 15.1. The maximum atomic E-state index is 15.3. The molecule has 0 radical (unpaired) electrons.